The Balaban J connectivity index is 1.67. The highest BCUT2D eigenvalue weighted by atomic mass is 16.5. The number of pyridine rings is 1. The SMILES string of the molecule is CCOC(=O)c1nc2cc(C)c(C)cc2nc1N1CCN(c2ccccn2)CC1. The van der Waals surface area contributed by atoms with Gasteiger partial charge in [0.05, 0.1) is 17.6 Å². The Labute approximate surface area is 170 Å². The number of benzene rings is 1. The van der Waals surface area contributed by atoms with Gasteiger partial charge in [-0.2, -0.15) is 0 Å². The Hall–Kier alpha value is -3.22. The molecule has 0 radical (unpaired) electrons. The van der Waals surface area contributed by atoms with Crippen LogP contribution in [0.4, 0.5) is 11.6 Å². The molecule has 1 aliphatic rings. The second-order valence-corrected chi connectivity index (χ2v) is 7.20. The fourth-order valence-corrected chi connectivity index (χ4v) is 3.55. The fraction of sp³-hybridized carbons (Fsp3) is 0.364. The summed E-state index contributed by atoms with van der Waals surface area (Å²) in [6.45, 7) is 9.25. The van der Waals surface area contributed by atoms with E-state index >= 15 is 0 Å². The molecule has 0 aliphatic carbocycles. The first-order valence-electron chi connectivity index (χ1n) is 9.94. The first-order valence-corrected chi connectivity index (χ1v) is 9.94. The van der Waals surface area contributed by atoms with Gasteiger partial charge in [0.1, 0.15) is 5.82 Å². The van der Waals surface area contributed by atoms with Crippen LogP contribution in [-0.2, 0) is 4.74 Å². The Bertz CT molecular complexity index is 1030. The molecular weight excluding hydrogens is 366 g/mol. The highest BCUT2D eigenvalue weighted by Gasteiger charge is 2.26. The van der Waals surface area contributed by atoms with Crippen LogP contribution >= 0.6 is 0 Å². The van der Waals surface area contributed by atoms with Crippen LogP contribution in [0, 0.1) is 13.8 Å². The van der Waals surface area contributed by atoms with Crippen molar-refractivity contribution in [2.75, 3.05) is 42.6 Å². The van der Waals surface area contributed by atoms with Crippen molar-refractivity contribution in [1.29, 1.82) is 0 Å². The van der Waals surface area contributed by atoms with E-state index in [2.05, 4.69) is 26.7 Å². The minimum Gasteiger partial charge on any atom is -0.461 e. The van der Waals surface area contributed by atoms with Gasteiger partial charge in [0.25, 0.3) is 0 Å². The Morgan fingerprint density at radius 2 is 1.66 bits per heavy atom. The van der Waals surface area contributed by atoms with Crippen LogP contribution < -0.4 is 9.80 Å². The molecule has 0 N–H and O–H groups in total. The summed E-state index contributed by atoms with van der Waals surface area (Å²) < 4.78 is 5.26. The van der Waals surface area contributed by atoms with Gasteiger partial charge in [0.15, 0.2) is 11.5 Å². The van der Waals surface area contributed by atoms with Gasteiger partial charge in [-0.1, -0.05) is 6.07 Å². The molecule has 3 heterocycles. The first kappa shape index (κ1) is 19.1. The Kier molecular flexibility index (Phi) is 5.29. The fourth-order valence-electron chi connectivity index (χ4n) is 3.55. The van der Waals surface area contributed by atoms with E-state index in [9.17, 15) is 4.79 Å². The molecule has 150 valence electrons. The van der Waals surface area contributed by atoms with Gasteiger partial charge >= 0.3 is 5.97 Å². The molecule has 0 amide bonds. The number of fused-ring (bicyclic) bond motifs is 1. The predicted molar refractivity (Wildman–Crippen MR) is 114 cm³/mol. The molecule has 29 heavy (non-hydrogen) atoms. The van der Waals surface area contributed by atoms with Crippen LogP contribution in [-0.4, -0.2) is 53.7 Å². The van der Waals surface area contributed by atoms with Gasteiger partial charge in [-0.05, 0) is 56.2 Å². The minimum absolute atomic E-state index is 0.286. The monoisotopic (exact) mass is 391 g/mol. The number of hydrogen-bond acceptors (Lipinski definition) is 7. The summed E-state index contributed by atoms with van der Waals surface area (Å²) in [7, 11) is 0. The lowest BCUT2D eigenvalue weighted by molar-refractivity contribution is 0.0520. The zero-order chi connectivity index (χ0) is 20.4. The average molecular weight is 391 g/mol. The third kappa shape index (κ3) is 3.85. The number of hydrogen-bond donors (Lipinski definition) is 0. The predicted octanol–water partition coefficient (Wildman–Crippen LogP) is 3.14. The lowest BCUT2D eigenvalue weighted by atomic mass is 10.1. The highest BCUT2D eigenvalue weighted by molar-refractivity contribution is 5.95. The van der Waals surface area contributed by atoms with Crippen molar-refractivity contribution in [3.63, 3.8) is 0 Å². The van der Waals surface area contributed by atoms with Crippen LogP contribution in [0.15, 0.2) is 36.5 Å². The molecule has 4 rings (SSSR count). The molecule has 7 heteroatoms. The third-order valence-corrected chi connectivity index (χ3v) is 5.28. The highest BCUT2D eigenvalue weighted by Crippen LogP contribution is 2.25. The van der Waals surface area contributed by atoms with E-state index in [1.54, 1.807) is 13.1 Å². The summed E-state index contributed by atoms with van der Waals surface area (Å²) in [5.74, 6) is 1.13. The summed E-state index contributed by atoms with van der Waals surface area (Å²) in [5.41, 5.74) is 4.07. The summed E-state index contributed by atoms with van der Waals surface area (Å²) in [4.78, 5) is 30.9. The number of ether oxygens (including phenoxy) is 1. The summed E-state index contributed by atoms with van der Waals surface area (Å²) in [5, 5.41) is 0. The molecular formula is C22H25N5O2. The molecule has 1 saturated heterocycles. The normalized spacial score (nSPS) is 14.3. The maximum absolute atomic E-state index is 12.6. The van der Waals surface area contributed by atoms with Crippen molar-refractivity contribution >= 4 is 28.6 Å². The zero-order valence-corrected chi connectivity index (χ0v) is 17.1. The van der Waals surface area contributed by atoms with Crippen LogP contribution in [0.3, 0.4) is 0 Å². The van der Waals surface area contributed by atoms with Crippen molar-refractivity contribution in [3.8, 4) is 0 Å². The van der Waals surface area contributed by atoms with Gasteiger partial charge < -0.3 is 14.5 Å². The lowest BCUT2D eigenvalue weighted by Gasteiger charge is -2.36. The van der Waals surface area contributed by atoms with E-state index in [1.165, 1.54) is 0 Å². The number of nitrogens with zero attached hydrogens (tertiary/aromatic N) is 5. The Morgan fingerprint density at radius 3 is 2.28 bits per heavy atom. The van der Waals surface area contributed by atoms with Crippen molar-refractivity contribution in [1.82, 2.24) is 15.0 Å². The third-order valence-electron chi connectivity index (χ3n) is 5.28. The quantitative estimate of drug-likeness (QED) is 0.633. The number of piperazine rings is 1. The molecule has 0 unspecified atom stereocenters. The second-order valence-electron chi connectivity index (χ2n) is 7.20. The topological polar surface area (TPSA) is 71.5 Å². The molecule has 0 saturated carbocycles. The van der Waals surface area contributed by atoms with Crippen molar-refractivity contribution in [2.45, 2.75) is 20.8 Å². The Morgan fingerprint density at radius 1 is 1.00 bits per heavy atom. The van der Waals surface area contributed by atoms with Crippen molar-refractivity contribution in [3.05, 3.63) is 53.3 Å². The molecule has 0 bridgehead atoms. The molecule has 0 spiro atoms. The average Bonchev–Trinajstić information content (AvgIpc) is 2.75. The maximum atomic E-state index is 12.6. The maximum Gasteiger partial charge on any atom is 0.360 e. The number of aryl methyl sites for hydroxylation is 2. The first-order chi connectivity index (χ1) is 14.1. The molecule has 0 atom stereocenters. The van der Waals surface area contributed by atoms with Gasteiger partial charge in [0, 0.05) is 32.4 Å². The molecule has 3 aromatic rings. The summed E-state index contributed by atoms with van der Waals surface area (Å²) in [6.07, 6.45) is 1.81. The molecule has 1 fully saturated rings. The number of carbonyl (C=O) groups is 1. The van der Waals surface area contributed by atoms with Gasteiger partial charge in [-0.25, -0.2) is 19.7 Å². The van der Waals surface area contributed by atoms with Crippen LogP contribution in [0.1, 0.15) is 28.5 Å². The molecule has 2 aromatic heterocycles. The summed E-state index contributed by atoms with van der Waals surface area (Å²) >= 11 is 0. The molecule has 1 aliphatic heterocycles. The van der Waals surface area contributed by atoms with E-state index in [0.717, 1.165) is 48.6 Å². The van der Waals surface area contributed by atoms with Crippen LogP contribution in [0.2, 0.25) is 0 Å². The van der Waals surface area contributed by atoms with E-state index < -0.39 is 5.97 Å². The minimum atomic E-state index is -0.428. The standard InChI is InChI=1S/C22H25N5O2/c1-4-29-22(28)20-21(25-18-14-16(3)15(2)13-17(18)24-20)27-11-9-26(10-12-27)19-7-5-6-8-23-19/h5-8,13-14H,4,9-12H2,1-3H3. The second kappa shape index (κ2) is 8.03. The largest absolute Gasteiger partial charge is 0.461 e. The van der Waals surface area contributed by atoms with Crippen LogP contribution in [0.25, 0.3) is 11.0 Å². The smallest absolute Gasteiger partial charge is 0.360 e. The number of rotatable bonds is 4. The zero-order valence-electron chi connectivity index (χ0n) is 17.1. The summed E-state index contributed by atoms with van der Waals surface area (Å²) in [6, 6.07) is 9.93. The van der Waals surface area contributed by atoms with Gasteiger partial charge in [0.2, 0.25) is 0 Å². The number of carbonyl (C=O) groups excluding carboxylic acids is 1. The van der Waals surface area contributed by atoms with E-state index in [4.69, 9.17) is 9.72 Å². The van der Waals surface area contributed by atoms with E-state index in [0.29, 0.717) is 17.9 Å². The molecule has 7 nitrogen and oxygen atoms in total. The van der Waals surface area contributed by atoms with Gasteiger partial charge in [-0.15, -0.1) is 0 Å². The van der Waals surface area contributed by atoms with E-state index in [-0.39, 0.29) is 5.69 Å². The van der Waals surface area contributed by atoms with Crippen molar-refractivity contribution in [2.24, 2.45) is 0 Å². The van der Waals surface area contributed by atoms with Gasteiger partial charge in [-0.3, -0.25) is 0 Å². The van der Waals surface area contributed by atoms with Crippen LogP contribution in [0.5, 0.6) is 0 Å². The number of aromatic nitrogens is 3. The molecule has 1 aromatic carbocycles. The number of anilines is 2. The van der Waals surface area contributed by atoms with E-state index in [1.807, 2.05) is 37.3 Å². The number of esters is 1. The van der Waals surface area contributed by atoms with Crippen molar-refractivity contribution < 1.29 is 9.53 Å². The lowest BCUT2D eigenvalue weighted by Crippen LogP contribution is -2.47.